The lowest BCUT2D eigenvalue weighted by Gasteiger charge is -2.31. The van der Waals surface area contributed by atoms with Crippen molar-refractivity contribution < 1.29 is 14.7 Å². The fourth-order valence-corrected chi connectivity index (χ4v) is 2.72. The van der Waals surface area contributed by atoms with Gasteiger partial charge in [0.25, 0.3) is 0 Å². The Hall–Kier alpha value is -1.14. The Bertz CT molecular complexity index is 366. The summed E-state index contributed by atoms with van der Waals surface area (Å²) in [6, 6.07) is 0. The van der Waals surface area contributed by atoms with Crippen molar-refractivity contribution in [3.05, 3.63) is 0 Å². The van der Waals surface area contributed by atoms with Gasteiger partial charge in [-0.25, -0.2) is 0 Å². The van der Waals surface area contributed by atoms with Crippen molar-refractivity contribution in [2.24, 2.45) is 11.7 Å². The Balaban J connectivity index is 1.91. The van der Waals surface area contributed by atoms with Gasteiger partial charge in [-0.1, -0.05) is 0 Å². The zero-order chi connectivity index (χ0) is 14.0. The SMILES string of the molecule is CC(N)(C(=O)N1CCCN(CC(=O)O)CC1)C1CC1. The molecular weight excluding hydrogens is 246 g/mol. The second-order valence-electron chi connectivity index (χ2n) is 5.87. The van der Waals surface area contributed by atoms with Crippen molar-refractivity contribution in [1.82, 2.24) is 9.80 Å². The molecule has 6 nitrogen and oxygen atoms in total. The lowest BCUT2D eigenvalue weighted by molar-refractivity contribution is -0.138. The van der Waals surface area contributed by atoms with Crippen molar-refractivity contribution >= 4 is 11.9 Å². The van der Waals surface area contributed by atoms with E-state index >= 15 is 0 Å². The van der Waals surface area contributed by atoms with Crippen LogP contribution in [-0.4, -0.2) is 65.0 Å². The number of hydrogen-bond acceptors (Lipinski definition) is 4. The number of hydrogen-bond donors (Lipinski definition) is 2. The second-order valence-corrected chi connectivity index (χ2v) is 5.87. The molecule has 0 bridgehead atoms. The van der Waals surface area contributed by atoms with E-state index in [0.29, 0.717) is 25.6 Å². The summed E-state index contributed by atoms with van der Waals surface area (Å²) in [5.41, 5.74) is 5.42. The molecule has 6 heteroatoms. The lowest BCUT2D eigenvalue weighted by atomic mass is 9.95. The van der Waals surface area contributed by atoms with Gasteiger partial charge in [-0.15, -0.1) is 0 Å². The molecule has 0 radical (unpaired) electrons. The first-order chi connectivity index (χ1) is 8.91. The third kappa shape index (κ3) is 3.45. The average Bonchev–Trinajstić information content (AvgIpc) is 3.14. The Morgan fingerprint density at radius 1 is 1.26 bits per heavy atom. The predicted molar refractivity (Wildman–Crippen MR) is 70.6 cm³/mol. The molecule has 0 aromatic heterocycles. The van der Waals surface area contributed by atoms with Crippen LogP contribution in [0.15, 0.2) is 0 Å². The molecular formula is C13H23N3O3. The molecule has 19 heavy (non-hydrogen) atoms. The van der Waals surface area contributed by atoms with Crippen LogP contribution in [0.25, 0.3) is 0 Å². The minimum Gasteiger partial charge on any atom is -0.480 e. The van der Waals surface area contributed by atoms with Gasteiger partial charge in [-0.2, -0.15) is 0 Å². The molecule has 1 atom stereocenters. The minimum absolute atomic E-state index is 0.0205. The molecule has 1 saturated carbocycles. The normalized spacial score (nSPS) is 24.6. The number of carboxylic acid groups (broad SMARTS) is 1. The van der Waals surface area contributed by atoms with E-state index in [4.69, 9.17) is 10.8 Å². The number of nitrogens with zero attached hydrogens (tertiary/aromatic N) is 2. The number of carbonyl (C=O) groups is 2. The second kappa shape index (κ2) is 5.46. The molecule has 2 aliphatic rings. The van der Waals surface area contributed by atoms with Crippen molar-refractivity contribution in [2.75, 3.05) is 32.7 Å². The predicted octanol–water partition coefficient (Wildman–Crippen LogP) is -0.267. The Morgan fingerprint density at radius 3 is 2.53 bits per heavy atom. The number of aliphatic carboxylic acids is 1. The molecule has 1 saturated heterocycles. The van der Waals surface area contributed by atoms with Crippen LogP contribution in [0.2, 0.25) is 0 Å². The monoisotopic (exact) mass is 269 g/mol. The smallest absolute Gasteiger partial charge is 0.317 e. The molecule has 0 spiro atoms. The van der Waals surface area contributed by atoms with Crippen molar-refractivity contribution in [3.63, 3.8) is 0 Å². The molecule has 1 unspecified atom stereocenters. The number of rotatable bonds is 4. The van der Waals surface area contributed by atoms with E-state index in [1.165, 1.54) is 0 Å². The standard InChI is InChI=1S/C13H23N3O3/c1-13(14,10-3-4-10)12(19)16-6-2-5-15(7-8-16)9-11(17)18/h10H,2-9,14H2,1H3,(H,17,18). The third-order valence-electron chi connectivity index (χ3n) is 4.12. The van der Waals surface area contributed by atoms with Crippen molar-refractivity contribution in [3.8, 4) is 0 Å². The van der Waals surface area contributed by atoms with Crippen molar-refractivity contribution in [2.45, 2.75) is 31.7 Å². The summed E-state index contributed by atoms with van der Waals surface area (Å²) in [5, 5.41) is 8.80. The van der Waals surface area contributed by atoms with E-state index in [2.05, 4.69) is 0 Å². The van der Waals surface area contributed by atoms with Crippen molar-refractivity contribution in [1.29, 1.82) is 0 Å². The van der Waals surface area contributed by atoms with E-state index in [1.54, 1.807) is 4.90 Å². The highest BCUT2D eigenvalue weighted by Gasteiger charge is 2.45. The fraction of sp³-hybridized carbons (Fsp3) is 0.846. The number of nitrogens with two attached hydrogens (primary N) is 1. The van der Waals surface area contributed by atoms with Crippen LogP contribution >= 0.6 is 0 Å². The summed E-state index contributed by atoms with van der Waals surface area (Å²) in [7, 11) is 0. The van der Waals surface area contributed by atoms with Crippen LogP contribution in [0, 0.1) is 5.92 Å². The molecule has 0 aromatic rings. The van der Waals surface area contributed by atoms with Crippen LogP contribution in [0.1, 0.15) is 26.2 Å². The molecule has 1 aliphatic heterocycles. The zero-order valence-electron chi connectivity index (χ0n) is 11.5. The highest BCUT2D eigenvalue weighted by molar-refractivity contribution is 5.86. The molecule has 2 rings (SSSR count). The minimum atomic E-state index is -0.818. The molecule has 1 heterocycles. The lowest BCUT2D eigenvalue weighted by Crippen LogP contribution is -2.55. The summed E-state index contributed by atoms with van der Waals surface area (Å²) in [4.78, 5) is 26.8. The molecule has 0 aromatic carbocycles. The maximum atomic E-state index is 12.4. The Labute approximate surface area is 113 Å². The first-order valence-corrected chi connectivity index (χ1v) is 6.93. The van der Waals surface area contributed by atoms with Gasteiger partial charge in [0.05, 0.1) is 12.1 Å². The van der Waals surface area contributed by atoms with Gasteiger partial charge >= 0.3 is 5.97 Å². The number of carbonyl (C=O) groups excluding carboxylic acids is 1. The largest absolute Gasteiger partial charge is 0.480 e. The zero-order valence-corrected chi connectivity index (χ0v) is 11.5. The van der Waals surface area contributed by atoms with E-state index in [0.717, 1.165) is 25.8 Å². The van der Waals surface area contributed by atoms with E-state index in [-0.39, 0.29) is 12.5 Å². The van der Waals surface area contributed by atoms with Crippen LogP contribution < -0.4 is 5.73 Å². The van der Waals surface area contributed by atoms with Gasteiger partial charge in [0, 0.05) is 26.2 Å². The Morgan fingerprint density at radius 2 is 1.95 bits per heavy atom. The topological polar surface area (TPSA) is 86.9 Å². The summed E-state index contributed by atoms with van der Waals surface area (Å²) >= 11 is 0. The maximum absolute atomic E-state index is 12.4. The number of amides is 1. The Kier molecular flexibility index (Phi) is 4.10. The summed E-state index contributed by atoms with van der Waals surface area (Å²) in [5.74, 6) is -0.480. The molecule has 1 aliphatic carbocycles. The molecule has 2 fully saturated rings. The quantitative estimate of drug-likeness (QED) is 0.734. The van der Waals surface area contributed by atoms with Gasteiger partial charge in [0.15, 0.2) is 0 Å². The van der Waals surface area contributed by atoms with E-state index in [1.807, 2.05) is 11.8 Å². The van der Waals surface area contributed by atoms with Crippen LogP contribution in [-0.2, 0) is 9.59 Å². The first-order valence-electron chi connectivity index (χ1n) is 6.93. The van der Waals surface area contributed by atoms with E-state index in [9.17, 15) is 9.59 Å². The molecule has 108 valence electrons. The van der Waals surface area contributed by atoms with Gasteiger partial charge < -0.3 is 15.7 Å². The summed E-state index contributed by atoms with van der Waals surface area (Å²) in [6.45, 7) is 4.46. The fourth-order valence-electron chi connectivity index (χ4n) is 2.72. The van der Waals surface area contributed by atoms with Gasteiger partial charge in [-0.05, 0) is 32.1 Å². The third-order valence-corrected chi connectivity index (χ3v) is 4.12. The number of carboxylic acids is 1. The summed E-state index contributed by atoms with van der Waals surface area (Å²) < 4.78 is 0. The average molecular weight is 269 g/mol. The van der Waals surface area contributed by atoms with Gasteiger partial charge in [0.1, 0.15) is 0 Å². The maximum Gasteiger partial charge on any atom is 0.317 e. The highest BCUT2D eigenvalue weighted by atomic mass is 16.4. The molecule has 1 amide bonds. The molecule has 3 N–H and O–H groups in total. The van der Waals surface area contributed by atoms with Crippen LogP contribution in [0.4, 0.5) is 0 Å². The first kappa shape index (κ1) is 14.3. The van der Waals surface area contributed by atoms with Gasteiger partial charge in [0.2, 0.25) is 5.91 Å². The summed E-state index contributed by atoms with van der Waals surface area (Å²) in [6.07, 6.45) is 2.88. The highest BCUT2D eigenvalue weighted by Crippen LogP contribution is 2.39. The van der Waals surface area contributed by atoms with E-state index < -0.39 is 11.5 Å². The van der Waals surface area contributed by atoms with Gasteiger partial charge in [-0.3, -0.25) is 14.5 Å². The van der Waals surface area contributed by atoms with Crippen LogP contribution in [0.3, 0.4) is 0 Å². The van der Waals surface area contributed by atoms with Crippen LogP contribution in [0.5, 0.6) is 0 Å².